The number of benzene rings is 1. The van der Waals surface area contributed by atoms with E-state index in [1.165, 1.54) is 5.69 Å². The van der Waals surface area contributed by atoms with Crippen molar-refractivity contribution >= 4 is 5.69 Å². The average molecular weight is 278 g/mol. The molecule has 1 N–H and O–H groups in total. The zero-order valence-electron chi connectivity index (χ0n) is 12.8. The molecule has 0 amide bonds. The minimum absolute atomic E-state index is 0.102. The molecule has 1 aliphatic heterocycles. The van der Waals surface area contributed by atoms with Gasteiger partial charge >= 0.3 is 0 Å². The zero-order chi connectivity index (χ0) is 14.4. The van der Waals surface area contributed by atoms with Crippen LogP contribution in [0, 0.1) is 0 Å². The Morgan fingerprint density at radius 1 is 1.05 bits per heavy atom. The van der Waals surface area contributed by atoms with Crippen LogP contribution in [0.5, 0.6) is 5.75 Å². The smallest absolute Gasteiger partial charge is 0.119 e. The molecule has 1 heterocycles. The van der Waals surface area contributed by atoms with E-state index in [1.807, 2.05) is 12.1 Å². The van der Waals surface area contributed by atoms with Crippen molar-refractivity contribution in [3.05, 3.63) is 24.3 Å². The number of hydrogen-bond acceptors (Lipinski definition) is 4. The lowest BCUT2D eigenvalue weighted by molar-refractivity contribution is -0.0163. The lowest BCUT2D eigenvalue weighted by atomic mass is 10.2. The molecule has 4 nitrogen and oxygen atoms in total. The number of piperazine rings is 1. The summed E-state index contributed by atoms with van der Waals surface area (Å²) in [5.41, 5.74) is 1.17. The maximum atomic E-state index is 5.69. The Labute approximate surface area is 122 Å². The van der Waals surface area contributed by atoms with Gasteiger partial charge in [-0.3, -0.25) is 0 Å². The Morgan fingerprint density at radius 3 is 2.30 bits per heavy atom. The van der Waals surface area contributed by atoms with Crippen molar-refractivity contribution in [3.8, 4) is 5.75 Å². The van der Waals surface area contributed by atoms with E-state index in [4.69, 9.17) is 9.47 Å². The number of anilines is 1. The summed E-state index contributed by atoms with van der Waals surface area (Å²) in [5, 5.41) is 3.36. The largest absolute Gasteiger partial charge is 0.491 e. The first-order valence-electron chi connectivity index (χ1n) is 7.37. The molecule has 20 heavy (non-hydrogen) atoms. The van der Waals surface area contributed by atoms with E-state index in [0.717, 1.165) is 31.9 Å². The number of nitrogens with zero attached hydrogens (tertiary/aromatic N) is 1. The standard InChI is InChI=1S/C16H26N2O2/c1-16(2,3)20-13-12-19-15-6-4-14(5-7-15)18-10-8-17-9-11-18/h4-7,17H,8-13H2,1-3H3. The Balaban J connectivity index is 1.76. The fourth-order valence-electron chi connectivity index (χ4n) is 2.18. The van der Waals surface area contributed by atoms with Crippen LogP contribution in [0.1, 0.15) is 20.8 Å². The average Bonchev–Trinajstić information content (AvgIpc) is 2.44. The highest BCUT2D eigenvalue weighted by Crippen LogP contribution is 2.19. The molecule has 0 aromatic heterocycles. The van der Waals surface area contributed by atoms with E-state index < -0.39 is 0 Å². The van der Waals surface area contributed by atoms with E-state index in [-0.39, 0.29) is 5.60 Å². The molecule has 0 aliphatic carbocycles. The van der Waals surface area contributed by atoms with Crippen LogP contribution >= 0.6 is 0 Å². The van der Waals surface area contributed by atoms with Gasteiger partial charge in [0, 0.05) is 31.9 Å². The molecule has 1 aromatic carbocycles. The predicted octanol–water partition coefficient (Wildman–Crippen LogP) is 2.29. The molecule has 0 bridgehead atoms. The second kappa shape index (κ2) is 6.95. The number of ether oxygens (including phenoxy) is 2. The molecular formula is C16H26N2O2. The summed E-state index contributed by atoms with van der Waals surface area (Å²) in [6.45, 7) is 11.6. The highest BCUT2D eigenvalue weighted by molar-refractivity contribution is 5.49. The molecule has 0 unspecified atom stereocenters. The molecule has 1 aromatic rings. The van der Waals surface area contributed by atoms with Gasteiger partial charge in [-0.15, -0.1) is 0 Å². The summed E-state index contributed by atoms with van der Waals surface area (Å²) in [6.07, 6.45) is 0. The summed E-state index contributed by atoms with van der Waals surface area (Å²) >= 11 is 0. The van der Waals surface area contributed by atoms with Crippen molar-refractivity contribution in [2.75, 3.05) is 44.3 Å². The van der Waals surface area contributed by atoms with Crippen molar-refractivity contribution < 1.29 is 9.47 Å². The fourth-order valence-corrected chi connectivity index (χ4v) is 2.18. The second-order valence-corrected chi connectivity index (χ2v) is 6.04. The van der Waals surface area contributed by atoms with Gasteiger partial charge in [0.05, 0.1) is 12.2 Å². The van der Waals surface area contributed by atoms with Gasteiger partial charge in [-0.25, -0.2) is 0 Å². The Kier molecular flexibility index (Phi) is 5.26. The molecule has 112 valence electrons. The van der Waals surface area contributed by atoms with E-state index >= 15 is 0 Å². The summed E-state index contributed by atoms with van der Waals surface area (Å²) in [4.78, 5) is 2.39. The van der Waals surface area contributed by atoms with Crippen LogP contribution in [0.25, 0.3) is 0 Å². The van der Waals surface area contributed by atoms with Crippen LogP contribution in [0.3, 0.4) is 0 Å². The molecule has 2 rings (SSSR count). The predicted molar refractivity (Wildman–Crippen MR) is 82.7 cm³/mol. The minimum Gasteiger partial charge on any atom is -0.491 e. The van der Waals surface area contributed by atoms with E-state index in [2.05, 4.69) is 43.1 Å². The summed E-state index contributed by atoms with van der Waals surface area (Å²) < 4.78 is 11.3. The minimum atomic E-state index is -0.102. The third-order valence-electron chi connectivity index (χ3n) is 3.21. The molecular weight excluding hydrogens is 252 g/mol. The maximum absolute atomic E-state index is 5.69. The SMILES string of the molecule is CC(C)(C)OCCOc1ccc(N2CCNCC2)cc1. The monoisotopic (exact) mass is 278 g/mol. The third kappa shape index (κ3) is 5.02. The van der Waals surface area contributed by atoms with Crippen LogP contribution in [0.15, 0.2) is 24.3 Å². The van der Waals surface area contributed by atoms with Gasteiger partial charge in [-0.1, -0.05) is 0 Å². The van der Waals surface area contributed by atoms with Crippen molar-refractivity contribution in [1.82, 2.24) is 5.32 Å². The Bertz CT molecular complexity index is 392. The van der Waals surface area contributed by atoms with Gasteiger partial charge in [0.2, 0.25) is 0 Å². The molecule has 1 saturated heterocycles. The number of rotatable bonds is 5. The zero-order valence-corrected chi connectivity index (χ0v) is 12.8. The van der Waals surface area contributed by atoms with Gasteiger partial charge in [0.15, 0.2) is 0 Å². The Hall–Kier alpha value is -1.26. The first-order valence-corrected chi connectivity index (χ1v) is 7.37. The molecule has 0 saturated carbocycles. The van der Waals surface area contributed by atoms with Crippen LogP contribution in [0.4, 0.5) is 5.69 Å². The van der Waals surface area contributed by atoms with Crippen molar-refractivity contribution in [1.29, 1.82) is 0 Å². The molecule has 4 heteroatoms. The van der Waals surface area contributed by atoms with Gasteiger partial charge in [-0.05, 0) is 45.0 Å². The molecule has 0 radical (unpaired) electrons. The van der Waals surface area contributed by atoms with E-state index in [9.17, 15) is 0 Å². The normalized spacial score (nSPS) is 16.2. The van der Waals surface area contributed by atoms with Crippen LogP contribution in [-0.2, 0) is 4.74 Å². The van der Waals surface area contributed by atoms with Gasteiger partial charge < -0.3 is 19.7 Å². The van der Waals surface area contributed by atoms with E-state index in [1.54, 1.807) is 0 Å². The molecule has 0 spiro atoms. The van der Waals surface area contributed by atoms with Crippen molar-refractivity contribution in [2.24, 2.45) is 0 Å². The first kappa shape index (κ1) is 15.1. The lowest BCUT2D eigenvalue weighted by Crippen LogP contribution is -2.43. The summed E-state index contributed by atoms with van der Waals surface area (Å²) in [6, 6.07) is 8.33. The van der Waals surface area contributed by atoms with Gasteiger partial charge in [0.25, 0.3) is 0 Å². The molecule has 1 aliphatic rings. The molecule has 0 atom stereocenters. The summed E-state index contributed by atoms with van der Waals surface area (Å²) in [7, 11) is 0. The topological polar surface area (TPSA) is 33.7 Å². The maximum Gasteiger partial charge on any atom is 0.119 e. The van der Waals surface area contributed by atoms with E-state index in [0.29, 0.717) is 13.2 Å². The number of nitrogens with one attached hydrogen (secondary N) is 1. The van der Waals surface area contributed by atoms with Crippen LogP contribution in [0.2, 0.25) is 0 Å². The highest BCUT2D eigenvalue weighted by atomic mass is 16.5. The van der Waals surface area contributed by atoms with Gasteiger partial charge in [-0.2, -0.15) is 0 Å². The third-order valence-corrected chi connectivity index (χ3v) is 3.21. The van der Waals surface area contributed by atoms with Gasteiger partial charge in [0.1, 0.15) is 12.4 Å². The Morgan fingerprint density at radius 2 is 1.70 bits per heavy atom. The first-order chi connectivity index (χ1) is 9.54. The van der Waals surface area contributed by atoms with Crippen molar-refractivity contribution in [3.63, 3.8) is 0 Å². The van der Waals surface area contributed by atoms with Crippen LogP contribution < -0.4 is 15.0 Å². The fraction of sp³-hybridized carbons (Fsp3) is 0.625. The summed E-state index contributed by atoms with van der Waals surface area (Å²) in [5.74, 6) is 0.904. The van der Waals surface area contributed by atoms with Crippen LogP contribution in [-0.4, -0.2) is 45.0 Å². The number of hydrogen-bond donors (Lipinski definition) is 1. The highest BCUT2D eigenvalue weighted by Gasteiger charge is 2.11. The lowest BCUT2D eigenvalue weighted by Gasteiger charge is -2.29. The molecule has 1 fully saturated rings. The quantitative estimate of drug-likeness (QED) is 0.838. The second-order valence-electron chi connectivity index (χ2n) is 6.04. The van der Waals surface area contributed by atoms with Crippen molar-refractivity contribution in [2.45, 2.75) is 26.4 Å².